The number of thioether (sulfide) groups is 1. The van der Waals surface area contributed by atoms with Crippen molar-refractivity contribution in [2.75, 3.05) is 11.9 Å². The summed E-state index contributed by atoms with van der Waals surface area (Å²) in [4.78, 5) is 28.3. The van der Waals surface area contributed by atoms with Crippen molar-refractivity contribution in [2.24, 2.45) is 7.05 Å². The van der Waals surface area contributed by atoms with Gasteiger partial charge < -0.3 is 5.32 Å². The van der Waals surface area contributed by atoms with E-state index in [0.717, 1.165) is 32.1 Å². The summed E-state index contributed by atoms with van der Waals surface area (Å²) in [6.07, 6.45) is 6.74. The number of hydrogen-bond acceptors (Lipinski definition) is 6. The Kier molecular flexibility index (Phi) is 7.01. The monoisotopic (exact) mass is 478 g/mol. The summed E-state index contributed by atoms with van der Waals surface area (Å²) in [7, 11) is 1.65. The number of benzene rings is 1. The number of nitrogens with one attached hydrogen (secondary N) is 1. The van der Waals surface area contributed by atoms with Crippen LogP contribution in [0.2, 0.25) is 0 Å². The lowest BCUT2D eigenvalue weighted by molar-refractivity contribution is -0.123. The summed E-state index contributed by atoms with van der Waals surface area (Å²) < 4.78 is 2.04. The van der Waals surface area contributed by atoms with Crippen molar-refractivity contribution in [3.05, 3.63) is 67.8 Å². The Labute approximate surface area is 203 Å². The Morgan fingerprint density at radius 2 is 1.94 bits per heavy atom. The second-order valence-corrected chi connectivity index (χ2v) is 10.1. The van der Waals surface area contributed by atoms with Gasteiger partial charge in [0.2, 0.25) is 0 Å². The van der Waals surface area contributed by atoms with Crippen molar-refractivity contribution in [3.8, 4) is 6.07 Å². The molecule has 2 heterocycles. The van der Waals surface area contributed by atoms with Crippen LogP contribution in [0.1, 0.15) is 47.9 Å². The molecule has 1 aliphatic heterocycles. The summed E-state index contributed by atoms with van der Waals surface area (Å²) >= 11 is 6.83. The lowest BCUT2D eigenvalue weighted by atomic mass is 10.0. The molecule has 1 saturated carbocycles. The van der Waals surface area contributed by atoms with Crippen molar-refractivity contribution in [3.63, 3.8) is 0 Å². The molecule has 0 atom stereocenters. The van der Waals surface area contributed by atoms with Gasteiger partial charge in [-0.25, -0.2) is 0 Å². The van der Waals surface area contributed by atoms with Crippen LogP contribution in [0.5, 0.6) is 0 Å². The first kappa shape index (κ1) is 23.3. The molecule has 1 aromatic carbocycles. The molecule has 0 radical (unpaired) electrons. The van der Waals surface area contributed by atoms with Crippen LogP contribution >= 0.6 is 24.0 Å². The summed E-state index contributed by atoms with van der Waals surface area (Å²) in [5.74, 6) is 0.512. The molecule has 0 bridgehead atoms. The molecule has 0 unspecified atom stereocenters. The molecule has 2 fully saturated rings. The lowest BCUT2D eigenvalue weighted by Crippen LogP contribution is -2.36. The molecule has 33 heavy (non-hydrogen) atoms. The van der Waals surface area contributed by atoms with Gasteiger partial charge in [-0.15, -0.1) is 0 Å². The van der Waals surface area contributed by atoms with E-state index < -0.39 is 0 Å². The molecule has 8 heteroatoms. The van der Waals surface area contributed by atoms with Crippen molar-refractivity contribution in [1.82, 2.24) is 9.47 Å². The molecule has 2 aliphatic rings. The highest BCUT2D eigenvalue weighted by Gasteiger charge is 2.38. The van der Waals surface area contributed by atoms with Gasteiger partial charge in [0, 0.05) is 25.2 Å². The van der Waals surface area contributed by atoms with Crippen LogP contribution in [0.15, 0.2) is 40.0 Å². The van der Waals surface area contributed by atoms with E-state index in [9.17, 15) is 14.9 Å². The van der Waals surface area contributed by atoms with E-state index >= 15 is 0 Å². The van der Waals surface area contributed by atoms with Gasteiger partial charge in [-0.1, -0.05) is 67.2 Å². The number of thiocarbonyl (C=S) groups is 1. The smallest absolute Gasteiger partial charge is 0.270 e. The fourth-order valence-electron chi connectivity index (χ4n) is 4.50. The Hall–Kier alpha value is -2.89. The fourth-order valence-corrected chi connectivity index (χ4v) is 5.88. The number of nitrogens with zero attached hydrogens (tertiary/aromatic N) is 3. The van der Waals surface area contributed by atoms with E-state index in [1.54, 1.807) is 24.9 Å². The van der Waals surface area contributed by atoms with Crippen molar-refractivity contribution < 1.29 is 4.79 Å². The van der Waals surface area contributed by atoms with Gasteiger partial charge in [-0.05, 0) is 43.4 Å². The average Bonchev–Trinajstić information content (AvgIpc) is 3.42. The second kappa shape index (κ2) is 9.94. The van der Waals surface area contributed by atoms with Crippen molar-refractivity contribution in [1.29, 1.82) is 5.26 Å². The molecule has 170 valence electrons. The van der Waals surface area contributed by atoms with Crippen molar-refractivity contribution in [2.45, 2.75) is 45.1 Å². The van der Waals surface area contributed by atoms with Crippen LogP contribution in [-0.4, -0.2) is 32.3 Å². The van der Waals surface area contributed by atoms with E-state index in [4.69, 9.17) is 12.2 Å². The first-order chi connectivity index (χ1) is 15.9. The number of pyridine rings is 1. The Bertz CT molecular complexity index is 1220. The minimum absolute atomic E-state index is 0.0844. The zero-order valence-electron chi connectivity index (χ0n) is 18.8. The minimum atomic E-state index is -0.354. The molecule has 0 spiro atoms. The Morgan fingerprint density at radius 3 is 2.61 bits per heavy atom. The number of carbonyl (C=O) groups is 1. The standard InChI is InChI=1S/C25H26N4O2S2/c1-16-19(14-21-24(31)29(25(32)33-21)18-10-6-7-11-18)22(28(2)23(30)20(16)15-26)27-13-12-17-8-4-3-5-9-17/h3-5,8-9,14,18,27H,6-7,10-13H2,1-2H3/b21-14+. The number of aromatic nitrogens is 1. The molecule has 2 aromatic rings. The number of amides is 1. The molecule has 1 aliphatic carbocycles. The summed E-state index contributed by atoms with van der Waals surface area (Å²) in [5.41, 5.74) is 2.15. The highest BCUT2D eigenvalue weighted by atomic mass is 32.2. The third kappa shape index (κ3) is 4.61. The van der Waals surface area contributed by atoms with Gasteiger partial charge in [0.25, 0.3) is 11.5 Å². The quantitative estimate of drug-likeness (QED) is 0.491. The predicted octanol–water partition coefficient (Wildman–Crippen LogP) is 4.36. The SMILES string of the molecule is Cc1c(/C=C2/SC(=S)N(C3CCCC3)C2=O)c(NCCc2ccccc2)n(C)c(=O)c1C#N. The lowest BCUT2D eigenvalue weighted by Gasteiger charge is -2.22. The van der Waals surface area contributed by atoms with E-state index in [2.05, 4.69) is 17.4 Å². The fraction of sp³-hybridized carbons (Fsp3) is 0.360. The van der Waals surface area contributed by atoms with Crippen LogP contribution < -0.4 is 10.9 Å². The summed E-state index contributed by atoms with van der Waals surface area (Å²) in [6.45, 7) is 2.36. The zero-order valence-corrected chi connectivity index (χ0v) is 20.4. The highest BCUT2D eigenvalue weighted by Crippen LogP contribution is 2.39. The summed E-state index contributed by atoms with van der Waals surface area (Å²) in [6, 6.07) is 12.3. The maximum absolute atomic E-state index is 13.2. The first-order valence-electron chi connectivity index (χ1n) is 11.1. The van der Waals surface area contributed by atoms with Crippen LogP contribution in [0.25, 0.3) is 6.08 Å². The number of hydrogen-bond donors (Lipinski definition) is 1. The zero-order chi connectivity index (χ0) is 23.5. The first-order valence-corrected chi connectivity index (χ1v) is 12.3. The average molecular weight is 479 g/mol. The largest absolute Gasteiger partial charge is 0.371 e. The maximum Gasteiger partial charge on any atom is 0.270 e. The van der Waals surface area contributed by atoms with Crippen LogP contribution in [0, 0.1) is 18.3 Å². The maximum atomic E-state index is 13.2. The number of anilines is 1. The molecule has 1 saturated heterocycles. The van der Waals surface area contributed by atoms with Crippen LogP contribution in [-0.2, 0) is 18.3 Å². The van der Waals surface area contributed by atoms with Crippen LogP contribution in [0.3, 0.4) is 0 Å². The third-order valence-corrected chi connectivity index (χ3v) is 7.67. The van der Waals surface area contributed by atoms with Gasteiger partial charge in [-0.2, -0.15) is 5.26 Å². The van der Waals surface area contributed by atoms with Gasteiger partial charge >= 0.3 is 0 Å². The molecule has 1 N–H and O–H groups in total. The second-order valence-electron chi connectivity index (χ2n) is 8.39. The highest BCUT2D eigenvalue weighted by molar-refractivity contribution is 8.26. The van der Waals surface area contributed by atoms with Gasteiger partial charge in [0.15, 0.2) is 0 Å². The third-order valence-electron chi connectivity index (χ3n) is 6.34. The number of carbonyl (C=O) groups excluding carboxylic acids is 1. The van der Waals surface area contributed by atoms with E-state index in [1.165, 1.54) is 21.9 Å². The normalized spacial score (nSPS) is 17.7. The van der Waals surface area contributed by atoms with E-state index in [0.29, 0.717) is 32.7 Å². The van der Waals surface area contributed by atoms with Crippen molar-refractivity contribution >= 4 is 46.1 Å². The minimum Gasteiger partial charge on any atom is -0.371 e. The predicted molar refractivity (Wildman–Crippen MR) is 137 cm³/mol. The summed E-state index contributed by atoms with van der Waals surface area (Å²) in [5, 5.41) is 13.0. The molecule has 4 rings (SSSR count). The Morgan fingerprint density at radius 1 is 1.24 bits per heavy atom. The number of nitriles is 1. The van der Waals surface area contributed by atoms with Crippen LogP contribution in [0.4, 0.5) is 5.82 Å². The van der Waals surface area contributed by atoms with Gasteiger partial charge in [0.05, 0.1) is 4.91 Å². The topological polar surface area (TPSA) is 78.1 Å². The number of rotatable bonds is 6. The van der Waals surface area contributed by atoms with Gasteiger partial charge in [-0.3, -0.25) is 19.1 Å². The van der Waals surface area contributed by atoms with Gasteiger partial charge in [0.1, 0.15) is 21.8 Å². The molecule has 1 amide bonds. The molecule has 1 aromatic heterocycles. The van der Waals surface area contributed by atoms with E-state index in [1.807, 2.05) is 24.3 Å². The molecular formula is C25H26N4O2S2. The molecule has 6 nitrogen and oxygen atoms in total. The Balaban J connectivity index is 1.69. The molecular weight excluding hydrogens is 452 g/mol. The van der Waals surface area contributed by atoms with E-state index in [-0.39, 0.29) is 23.1 Å².